The fourth-order valence-electron chi connectivity index (χ4n) is 2.94. The van der Waals surface area contributed by atoms with Crippen LogP contribution in [0.25, 0.3) is 0 Å². The lowest BCUT2D eigenvalue weighted by Gasteiger charge is -2.30. The van der Waals surface area contributed by atoms with Crippen molar-refractivity contribution in [3.63, 3.8) is 0 Å². The van der Waals surface area contributed by atoms with Crippen molar-refractivity contribution in [2.75, 3.05) is 33.3 Å². The molecular formula is C19H23BrN3O+. The Kier molecular flexibility index (Phi) is 5.88. The van der Waals surface area contributed by atoms with Gasteiger partial charge in [-0.15, -0.1) is 0 Å². The third kappa shape index (κ3) is 4.58. The Morgan fingerprint density at radius 2 is 1.92 bits per heavy atom. The van der Waals surface area contributed by atoms with E-state index in [9.17, 15) is 0 Å². The van der Waals surface area contributed by atoms with E-state index >= 15 is 0 Å². The fourth-order valence-corrected chi connectivity index (χ4v) is 3.32. The van der Waals surface area contributed by atoms with Gasteiger partial charge in [0, 0.05) is 15.6 Å². The zero-order valence-electron chi connectivity index (χ0n) is 13.9. The molecule has 0 unspecified atom stereocenters. The SMILES string of the molecule is COc1ccc(Br)cc1/C=N\N1CC[NH+](Cc2ccccc2)CC1. The number of hydrogen-bond donors (Lipinski definition) is 1. The van der Waals surface area contributed by atoms with Crippen LogP contribution >= 0.6 is 15.9 Å². The summed E-state index contributed by atoms with van der Waals surface area (Å²) in [7, 11) is 1.69. The van der Waals surface area contributed by atoms with E-state index in [0.29, 0.717) is 0 Å². The third-order valence-corrected chi connectivity index (χ3v) is 4.79. The van der Waals surface area contributed by atoms with Crippen molar-refractivity contribution >= 4 is 22.1 Å². The van der Waals surface area contributed by atoms with Crippen LogP contribution in [0.4, 0.5) is 0 Å². The minimum atomic E-state index is 0.843. The summed E-state index contributed by atoms with van der Waals surface area (Å²) in [4.78, 5) is 1.62. The second-order valence-corrected chi connectivity index (χ2v) is 6.91. The lowest BCUT2D eigenvalue weighted by atomic mass is 10.2. The molecule has 1 saturated heterocycles. The number of halogens is 1. The van der Waals surface area contributed by atoms with Gasteiger partial charge in [-0.3, -0.25) is 5.01 Å². The van der Waals surface area contributed by atoms with Crippen LogP contribution in [0, 0.1) is 0 Å². The first kappa shape index (κ1) is 17.0. The molecule has 0 aliphatic carbocycles. The molecule has 5 heteroatoms. The second kappa shape index (κ2) is 8.31. The lowest BCUT2D eigenvalue weighted by molar-refractivity contribution is -0.918. The van der Waals surface area contributed by atoms with E-state index in [1.54, 1.807) is 12.0 Å². The van der Waals surface area contributed by atoms with Crippen molar-refractivity contribution in [1.82, 2.24) is 5.01 Å². The molecular weight excluding hydrogens is 366 g/mol. The smallest absolute Gasteiger partial charge is 0.127 e. The predicted molar refractivity (Wildman–Crippen MR) is 101 cm³/mol. The van der Waals surface area contributed by atoms with Crippen LogP contribution in [0.15, 0.2) is 58.1 Å². The maximum absolute atomic E-state index is 5.39. The molecule has 1 N–H and O–H groups in total. The van der Waals surface area contributed by atoms with E-state index in [1.807, 2.05) is 24.4 Å². The molecule has 0 spiro atoms. The van der Waals surface area contributed by atoms with Gasteiger partial charge in [0.25, 0.3) is 0 Å². The van der Waals surface area contributed by atoms with Crippen LogP contribution in [0.3, 0.4) is 0 Å². The second-order valence-electron chi connectivity index (χ2n) is 6.00. The third-order valence-electron chi connectivity index (χ3n) is 4.30. The van der Waals surface area contributed by atoms with Gasteiger partial charge in [0.15, 0.2) is 0 Å². The molecule has 0 bridgehead atoms. The molecule has 1 heterocycles. The van der Waals surface area contributed by atoms with Gasteiger partial charge in [0.2, 0.25) is 0 Å². The van der Waals surface area contributed by atoms with Crippen molar-refractivity contribution in [3.05, 3.63) is 64.1 Å². The predicted octanol–water partition coefficient (Wildman–Crippen LogP) is 2.19. The number of nitrogens with one attached hydrogen (secondary N) is 1. The maximum atomic E-state index is 5.39. The summed E-state index contributed by atoms with van der Waals surface area (Å²) in [5.74, 6) is 0.843. The average Bonchev–Trinajstić information content (AvgIpc) is 2.62. The minimum Gasteiger partial charge on any atom is -0.496 e. The van der Waals surface area contributed by atoms with E-state index in [0.717, 1.165) is 48.5 Å². The number of rotatable bonds is 5. The first-order chi connectivity index (χ1) is 11.7. The molecule has 4 nitrogen and oxygen atoms in total. The number of piperazine rings is 1. The molecule has 0 amide bonds. The monoisotopic (exact) mass is 388 g/mol. The number of hydrazone groups is 1. The first-order valence-electron chi connectivity index (χ1n) is 8.24. The van der Waals surface area contributed by atoms with E-state index < -0.39 is 0 Å². The van der Waals surface area contributed by atoms with Gasteiger partial charge >= 0.3 is 0 Å². The van der Waals surface area contributed by atoms with Gasteiger partial charge in [-0.05, 0) is 18.2 Å². The number of hydrogen-bond acceptors (Lipinski definition) is 3. The normalized spacial score (nSPS) is 15.8. The summed E-state index contributed by atoms with van der Waals surface area (Å²) in [5, 5.41) is 6.79. The van der Waals surface area contributed by atoms with Gasteiger partial charge < -0.3 is 9.64 Å². The Labute approximate surface area is 151 Å². The molecule has 2 aromatic rings. The molecule has 2 aromatic carbocycles. The number of benzene rings is 2. The molecule has 0 atom stereocenters. The summed E-state index contributed by atoms with van der Waals surface area (Å²) < 4.78 is 6.42. The molecule has 126 valence electrons. The summed E-state index contributed by atoms with van der Waals surface area (Å²) >= 11 is 3.50. The lowest BCUT2D eigenvalue weighted by Crippen LogP contribution is -3.13. The van der Waals surface area contributed by atoms with Crippen LogP contribution in [0.5, 0.6) is 5.75 Å². The van der Waals surface area contributed by atoms with E-state index in [-0.39, 0.29) is 0 Å². The van der Waals surface area contributed by atoms with Crippen molar-refractivity contribution < 1.29 is 9.64 Å². The topological polar surface area (TPSA) is 29.3 Å². The summed E-state index contributed by atoms with van der Waals surface area (Å²) in [5.41, 5.74) is 2.40. The van der Waals surface area contributed by atoms with Crippen molar-refractivity contribution in [1.29, 1.82) is 0 Å². The number of ether oxygens (including phenoxy) is 1. The highest BCUT2D eigenvalue weighted by Gasteiger charge is 2.18. The molecule has 1 aliphatic rings. The van der Waals surface area contributed by atoms with Crippen LogP contribution in [0.2, 0.25) is 0 Å². The zero-order chi connectivity index (χ0) is 16.8. The van der Waals surface area contributed by atoms with Gasteiger partial charge in [-0.1, -0.05) is 46.3 Å². The van der Waals surface area contributed by atoms with Crippen molar-refractivity contribution in [3.8, 4) is 5.75 Å². The summed E-state index contributed by atoms with van der Waals surface area (Å²) in [6.07, 6.45) is 1.89. The fraction of sp³-hybridized carbons (Fsp3) is 0.316. The molecule has 0 saturated carbocycles. The highest BCUT2D eigenvalue weighted by molar-refractivity contribution is 9.10. The first-order valence-corrected chi connectivity index (χ1v) is 9.04. The molecule has 3 rings (SSSR count). The molecule has 1 fully saturated rings. The van der Waals surface area contributed by atoms with Gasteiger partial charge in [0.05, 0.1) is 39.5 Å². The Hall–Kier alpha value is -1.85. The summed E-state index contributed by atoms with van der Waals surface area (Å²) in [6.45, 7) is 5.28. The highest BCUT2D eigenvalue weighted by Crippen LogP contribution is 2.21. The zero-order valence-corrected chi connectivity index (χ0v) is 15.5. The van der Waals surface area contributed by atoms with Gasteiger partial charge in [0.1, 0.15) is 12.3 Å². The van der Waals surface area contributed by atoms with Crippen molar-refractivity contribution in [2.45, 2.75) is 6.54 Å². The van der Waals surface area contributed by atoms with Crippen LogP contribution < -0.4 is 9.64 Å². The maximum Gasteiger partial charge on any atom is 0.127 e. The van der Waals surface area contributed by atoms with Gasteiger partial charge in [-0.2, -0.15) is 5.10 Å². The van der Waals surface area contributed by atoms with E-state index in [1.165, 1.54) is 5.56 Å². The van der Waals surface area contributed by atoms with Crippen molar-refractivity contribution in [2.24, 2.45) is 5.10 Å². The largest absolute Gasteiger partial charge is 0.496 e. The Morgan fingerprint density at radius 3 is 2.62 bits per heavy atom. The van der Waals surface area contributed by atoms with Crippen LogP contribution in [-0.2, 0) is 6.54 Å². The minimum absolute atomic E-state index is 0.843. The number of nitrogens with zero attached hydrogens (tertiary/aromatic N) is 2. The molecule has 0 aromatic heterocycles. The summed E-state index contributed by atoms with van der Waals surface area (Å²) in [6, 6.07) is 16.7. The highest BCUT2D eigenvalue weighted by atomic mass is 79.9. The number of methoxy groups -OCH3 is 1. The Bertz CT molecular complexity index is 682. The quantitative estimate of drug-likeness (QED) is 0.795. The van der Waals surface area contributed by atoms with Gasteiger partial charge in [-0.25, -0.2) is 0 Å². The molecule has 24 heavy (non-hydrogen) atoms. The Balaban J connectivity index is 1.55. The number of quaternary nitrogens is 1. The van der Waals surface area contributed by atoms with Crippen LogP contribution in [-0.4, -0.2) is 44.5 Å². The molecule has 0 radical (unpaired) electrons. The Morgan fingerprint density at radius 1 is 1.17 bits per heavy atom. The van der Waals surface area contributed by atoms with Crippen LogP contribution in [0.1, 0.15) is 11.1 Å². The molecule has 1 aliphatic heterocycles. The van der Waals surface area contributed by atoms with E-state index in [2.05, 4.69) is 56.4 Å². The standard InChI is InChI=1S/C19H22BrN3O/c1-24-19-8-7-18(20)13-17(19)14-21-23-11-9-22(10-12-23)15-16-5-3-2-4-6-16/h2-8,13-14H,9-12,15H2,1H3/p+1/b21-14-. The average molecular weight is 389 g/mol. The van der Waals surface area contributed by atoms with E-state index in [4.69, 9.17) is 4.74 Å².